The molecule has 0 spiro atoms. The molecule has 2 aromatic rings. The average Bonchev–Trinajstić information content (AvgIpc) is 3.29. The van der Waals surface area contributed by atoms with E-state index in [0.29, 0.717) is 44.4 Å². The van der Waals surface area contributed by atoms with Crippen molar-refractivity contribution in [3.8, 4) is 0 Å². The summed E-state index contributed by atoms with van der Waals surface area (Å²) in [6.45, 7) is 6.41. The number of anilines is 3. The molecule has 8 nitrogen and oxygen atoms in total. The van der Waals surface area contributed by atoms with Crippen molar-refractivity contribution in [2.45, 2.75) is 44.9 Å². The summed E-state index contributed by atoms with van der Waals surface area (Å²) < 4.78 is 46.2. The number of aromatic nitrogens is 3. The van der Waals surface area contributed by atoms with Gasteiger partial charge in [0.25, 0.3) is 0 Å². The minimum absolute atomic E-state index is 0.00704. The van der Waals surface area contributed by atoms with Crippen LogP contribution in [0.5, 0.6) is 0 Å². The van der Waals surface area contributed by atoms with Crippen LogP contribution in [0.4, 0.5) is 30.8 Å². The molecular formula is C22H27F3N6O2. The van der Waals surface area contributed by atoms with E-state index in [9.17, 15) is 18.0 Å². The van der Waals surface area contributed by atoms with E-state index in [1.807, 2.05) is 11.8 Å². The van der Waals surface area contributed by atoms with Gasteiger partial charge in [-0.05, 0) is 25.0 Å². The van der Waals surface area contributed by atoms with Crippen LogP contribution in [0, 0.1) is 0 Å². The molecule has 0 radical (unpaired) electrons. The molecule has 1 N–H and O–H groups in total. The second kappa shape index (κ2) is 9.50. The van der Waals surface area contributed by atoms with Crippen molar-refractivity contribution in [3.63, 3.8) is 0 Å². The molecule has 0 bridgehead atoms. The minimum Gasteiger partial charge on any atom is -0.375 e. The predicted octanol–water partition coefficient (Wildman–Crippen LogP) is 3.59. The SMILES string of the molecule is CCC1CN(c2nc(Nc3ncccc3C(F)(F)F)cc(C3CCN(C(C)=O)C3)n2)CCO1. The Labute approximate surface area is 190 Å². The molecule has 2 saturated heterocycles. The third-order valence-corrected chi connectivity index (χ3v) is 6.02. The van der Waals surface area contributed by atoms with Gasteiger partial charge in [0.15, 0.2) is 0 Å². The summed E-state index contributed by atoms with van der Waals surface area (Å²) in [6.07, 6.45) is -1.65. The molecule has 2 aliphatic heterocycles. The van der Waals surface area contributed by atoms with Gasteiger partial charge in [-0.25, -0.2) is 9.97 Å². The van der Waals surface area contributed by atoms with Crippen LogP contribution in [-0.2, 0) is 15.7 Å². The lowest BCUT2D eigenvalue weighted by molar-refractivity contribution is -0.137. The first-order chi connectivity index (χ1) is 15.7. The maximum absolute atomic E-state index is 13.5. The Morgan fingerprint density at radius 3 is 2.79 bits per heavy atom. The second-order valence-corrected chi connectivity index (χ2v) is 8.30. The van der Waals surface area contributed by atoms with Gasteiger partial charge in [-0.3, -0.25) is 4.79 Å². The number of nitrogens with one attached hydrogen (secondary N) is 1. The highest BCUT2D eigenvalue weighted by Crippen LogP contribution is 2.35. The first kappa shape index (κ1) is 23.2. The zero-order valence-electron chi connectivity index (χ0n) is 18.6. The van der Waals surface area contributed by atoms with Crippen LogP contribution >= 0.6 is 0 Å². The van der Waals surface area contributed by atoms with Crippen LogP contribution < -0.4 is 10.2 Å². The lowest BCUT2D eigenvalue weighted by Gasteiger charge is -2.33. The van der Waals surface area contributed by atoms with Crippen molar-refractivity contribution >= 4 is 23.5 Å². The van der Waals surface area contributed by atoms with E-state index in [1.54, 1.807) is 11.0 Å². The van der Waals surface area contributed by atoms with Gasteiger partial charge in [0.2, 0.25) is 11.9 Å². The number of hydrogen-bond acceptors (Lipinski definition) is 7. The van der Waals surface area contributed by atoms with Crippen LogP contribution in [0.15, 0.2) is 24.4 Å². The van der Waals surface area contributed by atoms with E-state index in [4.69, 9.17) is 9.72 Å². The Bertz CT molecular complexity index is 1000. The van der Waals surface area contributed by atoms with E-state index < -0.39 is 11.7 Å². The average molecular weight is 464 g/mol. The third-order valence-electron chi connectivity index (χ3n) is 6.02. The number of pyridine rings is 1. The van der Waals surface area contributed by atoms with E-state index >= 15 is 0 Å². The molecule has 33 heavy (non-hydrogen) atoms. The van der Waals surface area contributed by atoms with Gasteiger partial charge in [0.1, 0.15) is 11.6 Å². The van der Waals surface area contributed by atoms with Gasteiger partial charge in [0.05, 0.1) is 24.0 Å². The molecule has 2 atom stereocenters. The monoisotopic (exact) mass is 464 g/mol. The van der Waals surface area contributed by atoms with Crippen molar-refractivity contribution in [3.05, 3.63) is 35.7 Å². The number of hydrogen-bond donors (Lipinski definition) is 1. The lowest BCUT2D eigenvalue weighted by Crippen LogP contribution is -2.43. The number of carbonyl (C=O) groups is 1. The molecule has 0 saturated carbocycles. The van der Waals surface area contributed by atoms with Crippen molar-refractivity contribution in [2.24, 2.45) is 0 Å². The molecule has 2 fully saturated rings. The Kier molecular flexibility index (Phi) is 6.68. The molecule has 4 heterocycles. The summed E-state index contributed by atoms with van der Waals surface area (Å²) >= 11 is 0. The van der Waals surface area contributed by atoms with Gasteiger partial charge >= 0.3 is 6.18 Å². The largest absolute Gasteiger partial charge is 0.419 e. The second-order valence-electron chi connectivity index (χ2n) is 8.30. The standard InChI is InChI=1S/C22H27F3N6O2/c1-3-16-13-31(9-10-33-16)21-27-18(15-6-8-30(12-15)14(2)32)11-19(29-21)28-20-17(22(23,24)25)5-4-7-26-20/h4-5,7,11,15-16H,3,6,8-10,12-13H2,1-2H3,(H,26,27,28,29). The highest BCUT2D eigenvalue weighted by Gasteiger charge is 2.35. The quantitative estimate of drug-likeness (QED) is 0.724. The number of halogens is 3. The van der Waals surface area contributed by atoms with E-state index in [0.717, 1.165) is 18.9 Å². The van der Waals surface area contributed by atoms with Gasteiger partial charge in [-0.1, -0.05) is 6.92 Å². The van der Waals surface area contributed by atoms with Gasteiger partial charge in [-0.15, -0.1) is 0 Å². The Morgan fingerprint density at radius 2 is 2.09 bits per heavy atom. The van der Waals surface area contributed by atoms with E-state index in [-0.39, 0.29) is 29.6 Å². The first-order valence-corrected chi connectivity index (χ1v) is 11.0. The molecule has 2 aromatic heterocycles. The summed E-state index contributed by atoms with van der Waals surface area (Å²) in [5.74, 6) is 0.325. The number of morpholine rings is 1. The molecular weight excluding hydrogens is 437 g/mol. The fraction of sp³-hybridized carbons (Fsp3) is 0.545. The minimum atomic E-state index is -4.55. The number of carbonyl (C=O) groups excluding carboxylic acids is 1. The fourth-order valence-corrected chi connectivity index (χ4v) is 4.16. The van der Waals surface area contributed by atoms with Crippen LogP contribution in [-0.4, -0.2) is 64.6 Å². The zero-order chi connectivity index (χ0) is 23.6. The number of alkyl halides is 3. The summed E-state index contributed by atoms with van der Waals surface area (Å²) in [5.41, 5.74) is -0.178. The number of amides is 1. The van der Waals surface area contributed by atoms with Crippen LogP contribution in [0.2, 0.25) is 0 Å². The van der Waals surface area contributed by atoms with Crippen LogP contribution in [0.3, 0.4) is 0 Å². The smallest absolute Gasteiger partial charge is 0.375 e. The summed E-state index contributed by atoms with van der Waals surface area (Å²) in [6, 6.07) is 3.89. The molecule has 2 unspecified atom stereocenters. The fourth-order valence-electron chi connectivity index (χ4n) is 4.16. The Balaban J connectivity index is 1.69. The van der Waals surface area contributed by atoms with E-state index in [2.05, 4.69) is 15.3 Å². The van der Waals surface area contributed by atoms with E-state index in [1.165, 1.54) is 19.2 Å². The summed E-state index contributed by atoms with van der Waals surface area (Å²) in [5, 5.41) is 2.76. The number of ether oxygens (including phenoxy) is 1. The Hall–Kier alpha value is -2.95. The lowest BCUT2D eigenvalue weighted by atomic mass is 10.0. The Morgan fingerprint density at radius 1 is 1.27 bits per heavy atom. The molecule has 178 valence electrons. The molecule has 1 amide bonds. The molecule has 11 heteroatoms. The number of likely N-dealkylation sites (tertiary alicyclic amines) is 1. The topological polar surface area (TPSA) is 83.5 Å². The highest BCUT2D eigenvalue weighted by molar-refractivity contribution is 5.73. The normalized spacial score (nSPS) is 21.4. The first-order valence-electron chi connectivity index (χ1n) is 11.0. The number of nitrogens with zero attached hydrogens (tertiary/aromatic N) is 5. The maximum atomic E-state index is 13.5. The summed E-state index contributed by atoms with van der Waals surface area (Å²) in [4.78, 5) is 28.7. The van der Waals surface area contributed by atoms with Crippen molar-refractivity contribution in [1.82, 2.24) is 19.9 Å². The molecule has 0 aliphatic carbocycles. The van der Waals surface area contributed by atoms with Crippen molar-refractivity contribution in [2.75, 3.05) is 43.0 Å². The third kappa shape index (κ3) is 5.35. The highest BCUT2D eigenvalue weighted by atomic mass is 19.4. The maximum Gasteiger partial charge on any atom is 0.419 e. The van der Waals surface area contributed by atoms with Crippen LogP contribution in [0.1, 0.15) is 43.9 Å². The van der Waals surface area contributed by atoms with Gasteiger partial charge in [0, 0.05) is 51.3 Å². The van der Waals surface area contributed by atoms with Crippen molar-refractivity contribution < 1.29 is 22.7 Å². The summed E-state index contributed by atoms with van der Waals surface area (Å²) in [7, 11) is 0. The zero-order valence-corrected chi connectivity index (χ0v) is 18.6. The molecule has 0 aromatic carbocycles. The van der Waals surface area contributed by atoms with Crippen LogP contribution in [0.25, 0.3) is 0 Å². The molecule has 4 rings (SSSR count). The predicted molar refractivity (Wildman–Crippen MR) is 116 cm³/mol. The van der Waals surface area contributed by atoms with Gasteiger partial charge < -0.3 is 19.9 Å². The van der Waals surface area contributed by atoms with Crippen molar-refractivity contribution in [1.29, 1.82) is 0 Å². The molecule has 2 aliphatic rings. The van der Waals surface area contributed by atoms with Gasteiger partial charge in [-0.2, -0.15) is 18.2 Å². The number of rotatable bonds is 5.